The van der Waals surface area contributed by atoms with E-state index < -0.39 is 86.7 Å². The second-order valence-electron chi connectivity index (χ2n) is 4.25. The van der Waals surface area contributed by atoms with Gasteiger partial charge in [0.1, 0.15) is 6.02 Å². The van der Waals surface area contributed by atoms with Crippen LogP contribution in [0.1, 0.15) is 72.2 Å². The second-order valence-corrected chi connectivity index (χ2v) is 4.25. The van der Waals surface area contributed by atoms with Crippen LogP contribution in [0.3, 0.4) is 0 Å². The third-order valence-electron chi connectivity index (χ3n) is 2.60. The van der Waals surface area contributed by atoms with Crippen LogP contribution in [0, 0.1) is 17.7 Å². The fourth-order valence-corrected chi connectivity index (χ4v) is 1.53. The van der Waals surface area contributed by atoms with Crippen molar-refractivity contribution in [1.82, 2.24) is 5.32 Å². The molecule has 0 saturated heterocycles. The third kappa shape index (κ3) is 5.08. The molecule has 1 aromatic rings. The standard InChI is InChI=1S/C19H27NO3/c1-13(2)15-8-10-16(11-9-15)18(21)20-17(19(22)23)12-14-6-4-3-5-7-14/h3-7,13,15-17H,8-12H2,1-2H3,(H,20,21)(H,22,23)/t15?,16?,17-/m0/s1/i1D3,2D3,8D2,9D2,10D2,11D2,12D2,13D,15D,16D,17D. The van der Waals surface area contributed by atoms with Gasteiger partial charge in [-0.15, -0.1) is 0 Å². The van der Waals surface area contributed by atoms with Crippen molar-refractivity contribution in [2.75, 3.05) is 0 Å². The van der Waals surface area contributed by atoms with Crippen LogP contribution in [0.25, 0.3) is 0 Å². The van der Waals surface area contributed by atoms with Gasteiger partial charge in [-0.05, 0) is 42.8 Å². The highest BCUT2D eigenvalue weighted by Crippen LogP contribution is 2.33. The van der Waals surface area contributed by atoms with Crippen molar-refractivity contribution < 1.29 is 42.1 Å². The molecule has 2 N–H and O–H groups in total. The number of nitrogens with one attached hydrogen (secondary N) is 1. The van der Waals surface area contributed by atoms with Crippen LogP contribution < -0.4 is 5.32 Å². The van der Waals surface area contributed by atoms with E-state index >= 15 is 0 Å². The van der Waals surface area contributed by atoms with Gasteiger partial charge in [0.25, 0.3) is 0 Å². The molecule has 1 aliphatic carbocycles. The number of amides is 1. The number of hydrogen-bond donors (Lipinski definition) is 2. The summed E-state index contributed by atoms with van der Waals surface area (Å²) in [6, 6.07) is 1.82. The minimum Gasteiger partial charge on any atom is -0.480 e. The van der Waals surface area contributed by atoms with Crippen molar-refractivity contribution in [3.8, 4) is 0 Å². The maximum Gasteiger partial charge on any atom is 0.326 e. The van der Waals surface area contributed by atoms with Gasteiger partial charge in [-0.2, -0.15) is 0 Å². The van der Waals surface area contributed by atoms with Gasteiger partial charge in [-0.25, -0.2) is 4.79 Å². The van der Waals surface area contributed by atoms with Crippen LogP contribution in [0.5, 0.6) is 0 Å². The largest absolute Gasteiger partial charge is 0.480 e. The van der Waals surface area contributed by atoms with Gasteiger partial charge in [0, 0.05) is 38.3 Å². The highest BCUT2D eigenvalue weighted by atomic mass is 16.4. The molecule has 0 aliphatic heterocycles. The van der Waals surface area contributed by atoms with Gasteiger partial charge < -0.3 is 10.4 Å². The van der Waals surface area contributed by atoms with E-state index in [4.69, 9.17) is 27.4 Å². The molecule has 1 aliphatic rings. The summed E-state index contributed by atoms with van der Waals surface area (Å²) in [5, 5.41) is 11.0. The van der Waals surface area contributed by atoms with E-state index in [0.29, 0.717) is 0 Å². The lowest BCUT2D eigenvalue weighted by Gasteiger charge is -2.30. The SMILES string of the molecule is [2H]C([2H])([2H])C([2H])(C([2H])([2H])[2H])C1([2H])C([2H])([2H])C([2H])([2H])C([2H])(C(=O)N[C@]([2H])(C(=O)O)C([2H])([2H])c2ccccc2)C([2H])([2H])C1([2H])[2H]. The average Bonchev–Trinajstić information content (AvgIpc) is 2.84. The van der Waals surface area contributed by atoms with E-state index in [1.165, 1.54) is 23.5 Å². The summed E-state index contributed by atoms with van der Waals surface area (Å²) in [5.41, 5.74) is -0.563. The van der Waals surface area contributed by atoms with Gasteiger partial charge in [-0.1, -0.05) is 44.0 Å². The monoisotopic (exact) mass is 337 g/mol. The zero-order valence-electron chi connectivity index (χ0n) is 31.7. The molecule has 0 unspecified atom stereocenters. The zero-order valence-corrected chi connectivity index (χ0v) is 11.7. The van der Waals surface area contributed by atoms with Gasteiger partial charge in [-0.3, -0.25) is 4.79 Å². The van der Waals surface area contributed by atoms with Crippen molar-refractivity contribution in [1.29, 1.82) is 0 Å². The summed E-state index contributed by atoms with van der Waals surface area (Å²) in [4.78, 5) is 25.8. The highest BCUT2D eigenvalue weighted by molar-refractivity contribution is 5.85. The Labute approximate surface area is 166 Å². The van der Waals surface area contributed by atoms with Crippen molar-refractivity contribution in [2.24, 2.45) is 17.7 Å². The summed E-state index contributed by atoms with van der Waals surface area (Å²) in [6.07, 6.45) is -22.3. The number of rotatable bonds is 6. The molecule has 1 atom stereocenters. The van der Waals surface area contributed by atoms with E-state index in [1.54, 1.807) is 0 Å². The van der Waals surface area contributed by atoms with Crippen molar-refractivity contribution in [3.05, 3.63) is 35.9 Å². The van der Waals surface area contributed by atoms with Crippen molar-refractivity contribution >= 4 is 11.9 Å². The molecule has 1 aromatic carbocycles. The minimum absolute atomic E-state index is 0.563. The third-order valence-corrected chi connectivity index (χ3v) is 2.60. The number of carboxylic acids is 1. The average molecular weight is 338 g/mol. The second kappa shape index (κ2) is 8.14. The smallest absolute Gasteiger partial charge is 0.326 e. The van der Waals surface area contributed by atoms with E-state index in [-0.39, 0.29) is 0 Å². The van der Waals surface area contributed by atoms with Crippen LogP contribution in [-0.2, 0) is 16.0 Å². The van der Waals surface area contributed by atoms with Gasteiger partial charge in [0.15, 0.2) is 0 Å². The molecule has 4 nitrogen and oxygen atoms in total. The Morgan fingerprint density at radius 3 is 2.61 bits per heavy atom. The molecule has 1 amide bonds. The summed E-state index contributed by atoms with van der Waals surface area (Å²) in [7, 11) is 0. The number of aliphatic carboxylic acids is 1. The first-order valence-electron chi connectivity index (χ1n) is 16.3. The van der Waals surface area contributed by atoms with Crippen molar-refractivity contribution in [3.63, 3.8) is 0 Å². The summed E-state index contributed by atoms with van der Waals surface area (Å²) in [6.45, 7) is -8.69. The molecule has 4 heteroatoms. The van der Waals surface area contributed by atoms with E-state index in [9.17, 15) is 14.7 Å². The van der Waals surface area contributed by atoms with Crippen LogP contribution in [-0.4, -0.2) is 23.0 Å². The van der Waals surface area contributed by atoms with E-state index in [2.05, 4.69) is 0 Å². The predicted octanol–water partition coefficient (Wildman–Crippen LogP) is 3.26. The van der Waals surface area contributed by atoms with Crippen LogP contribution in [0.4, 0.5) is 0 Å². The topological polar surface area (TPSA) is 66.4 Å². The molecular weight excluding hydrogens is 290 g/mol. The normalized spacial score (nSPS) is 54.1. The first-order valence-corrected chi connectivity index (χ1v) is 6.29. The fourth-order valence-electron chi connectivity index (χ4n) is 1.53. The van der Waals surface area contributed by atoms with Crippen LogP contribution in [0.15, 0.2) is 30.3 Å². The fraction of sp³-hybridized carbons (Fsp3) is 0.579. The lowest BCUT2D eigenvalue weighted by Crippen LogP contribution is -2.45. The Hall–Kier alpha value is -1.84. The summed E-state index contributed by atoms with van der Waals surface area (Å²) >= 11 is 0. The lowest BCUT2D eigenvalue weighted by molar-refractivity contribution is -0.142. The Morgan fingerprint density at radius 2 is 2.04 bits per heavy atom. The Balaban J connectivity index is 2.99. The molecule has 0 aromatic heterocycles. The van der Waals surface area contributed by atoms with Crippen molar-refractivity contribution in [2.45, 2.75) is 51.6 Å². The number of benzene rings is 1. The quantitative estimate of drug-likeness (QED) is 0.837. The highest BCUT2D eigenvalue weighted by Gasteiger charge is 2.30. The molecule has 0 bridgehead atoms. The number of carbonyl (C=O) groups is 2. The first-order chi connectivity index (χ1) is 18.7. The Bertz CT molecular complexity index is 1230. The molecule has 2 rings (SSSR count). The minimum atomic E-state index is -4.80. The van der Waals surface area contributed by atoms with Crippen LogP contribution >= 0.6 is 0 Å². The maximum atomic E-state index is 13.6. The van der Waals surface area contributed by atoms with E-state index in [1.807, 2.05) is 0 Å². The number of hydrogen-bond acceptors (Lipinski definition) is 2. The predicted molar refractivity (Wildman–Crippen MR) is 90.0 cm³/mol. The van der Waals surface area contributed by atoms with Crippen LogP contribution in [0.2, 0.25) is 0 Å². The van der Waals surface area contributed by atoms with Gasteiger partial charge in [0.05, 0.1) is 1.37 Å². The lowest BCUT2D eigenvalue weighted by atomic mass is 9.76. The maximum absolute atomic E-state index is 13.6. The molecule has 0 spiro atoms. The molecule has 23 heavy (non-hydrogen) atoms. The molecule has 1 saturated carbocycles. The molecule has 1 fully saturated rings. The molecule has 126 valence electrons. The number of carboxylic acid groups (broad SMARTS) is 1. The Morgan fingerprint density at radius 1 is 1.39 bits per heavy atom. The van der Waals surface area contributed by atoms with Gasteiger partial charge in [0.2, 0.25) is 5.91 Å². The molecule has 0 radical (unpaired) electrons. The zero-order chi connectivity index (χ0) is 34.5. The number of carbonyl (C=O) groups excluding carboxylic acids is 1. The van der Waals surface area contributed by atoms with E-state index in [0.717, 1.165) is 12.1 Å². The Kier molecular flexibility index (Phi) is 1.71. The van der Waals surface area contributed by atoms with Gasteiger partial charge >= 0.3 is 5.97 Å². The molecular formula is C19H27NO3. The first kappa shape index (κ1) is 4.84. The molecule has 0 heterocycles. The summed E-state index contributed by atoms with van der Waals surface area (Å²) in [5.74, 6) is -19.2. The summed E-state index contributed by atoms with van der Waals surface area (Å²) < 4.78 is 163.